The van der Waals surface area contributed by atoms with Gasteiger partial charge in [0.15, 0.2) is 0 Å². The van der Waals surface area contributed by atoms with Crippen molar-refractivity contribution >= 4 is 0 Å². The number of ether oxygens (including phenoxy) is 1. The topological polar surface area (TPSA) is 9.23 Å². The summed E-state index contributed by atoms with van der Waals surface area (Å²) in [5.41, 5.74) is 3.30. The van der Waals surface area contributed by atoms with Gasteiger partial charge in [0.05, 0.1) is 6.61 Å². The minimum absolute atomic E-state index is 0.325. The first-order chi connectivity index (χ1) is 6.04. The maximum Gasteiger partial charge on any atom is 0.0502 e. The van der Waals surface area contributed by atoms with Gasteiger partial charge in [0.2, 0.25) is 0 Å². The fourth-order valence-electron chi connectivity index (χ4n) is 1.50. The Morgan fingerprint density at radius 3 is 2.54 bits per heavy atom. The average molecular weight is 180 g/mol. The van der Waals surface area contributed by atoms with Gasteiger partial charge in [0, 0.05) is 7.11 Å². The molecule has 1 aliphatic rings. The highest BCUT2D eigenvalue weighted by atomic mass is 16.5. The minimum Gasteiger partial charge on any atom is -0.384 e. The van der Waals surface area contributed by atoms with Crippen LogP contribution in [0.15, 0.2) is 23.3 Å². The Morgan fingerprint density at radius 2 is 2.08 bits per heavy atom. The highest BCUT2D eigenvalue weighted by molar-refractivity contribution is 5.35. The lowest BCUT2D eigenvalue weighted by molar-refractivity contribution is 0.203. The second-order valence-electron chi connectivity index (χ2n) is 4.65. The second kappa shape index (κ2) is 4.10. The molecule has 0 fully saturated rings. The van der Waals surface area contributed by atoms with Gasteiger partial charge in [-0.1, -0.05) is 38.5 Å². The summed E-state index contributed by atoms with van der Waals surface area (Å²) >= 11 is 0. The van der Waals surface area contributed by atoms with Gasteiger partial charge in [-0.25, -0.2) is 0 Å². The molecular formula is C12H20O. The monoisotopic (exact) mass is 180 g/mol. The van der Waals surface area contributed by atoms with Crippen LogP contribution in [0.3, 0.4) is 0 Å². The van der Waals surface area contributed by atoms with E-state index in [1.807, 2.05) is 0 Å². The molecule has 0 saturated carbocycles. The molecule has 1 heteroatoms. The van der Waals surface area contributed by atoms with Gasteiger partial charge in [-0.3, -0.25) is 0 Å². The molecule has 0 amide bonds. The summed E-state index contributed by atoms with van der Waals surface area (Å²) in [6.45, 7) is 7.64. The number of rotatable bonds is 3. The van der Waals surface area contributed by atoms with Crippen molar-refractivity contribution in [3.63, 3.8) is 0 Å². The predicted octanol–water partition coefficient (Wildman–Crippen LogP) is 3.33. The third kappa shape index (κ3) is 3.00. The maximum atomic E-state index is 5.05. The molecule has 0 aromatic carbocycles. The molecule has 0 saturated heterocycles. The van der Waals surface area contributed by atoms with Crippen molar-refractivity contribution in [2.45, 2.75) is 33.6 Å². The summed E-state index contributed by atoms with van der Waals surface area (Å²) < 4.78 is 5.05. The summed E-state index contributed by atoms with van der Waals surface area (Å²) in [6.07, 6.45) is 6.83. The lowest BCUT2D eigenvalue weighted by Crippen LogP contribution is -2.07. The lowest BCUT2D eigenvalue weighted by atomic mass is 9.86. The lowest BCUT2D eigenvalue weighted by Gasteiger charge is -2.19. The molecule has 0 atom stereocenters. The van der Waals surface area contributed by atoms with Crippen molar-refractivity contribution in [2.24, 2.45) is 5.41 Å². The molecule has 0 unspecified atom stereocenters. The maximum absolute atomic E-state index is 5.05. The molecule has 13 heavy (non-hydrogen) atoms. The molecule has 1 aliphatic carbocycles. The normalized spacial score (nSPS) is 17.2. The number of hydrogen-bond acceptors (Lipinski definition) is 1. The van der Waals surface area contributed by atoms with E-state index in [1.54, 1.807) is 12.7 Å². The van der Waals surface area contributed by atoms with Crippen LogP contribution in [0.1, 0.15) is 33.6 Å². The SMILES string of the molecule is COCCC1=CCC(C(C)(C)C)=C1. The van der Waals surface area contributed by atoms with E-state index in [-0.39, 0.29) is 0 Å². The summed E-state index contributed by atoms with van der Waals surface area (Å²) in [6, 6.07) is 0. The Morgan fingerprint density at radius 1 is 1.38 bits per heavy atom. The van der Waals surface area contributed by atoms with Crippen LogP contribution in [0, 0.1) is 5.41 Å². The van der Waals surface area contributed by atoms with Crippen molar-refractivity contribution in [3.8, 4) is 0 Å². The van der Waals surface area contributed by atoms with Gasteiger partial charge >= 0.3 is 0 Å². The first kappa shape index (κ1) is 10.5. The molecule has 0 bridgehead atoms. The van der Waals surface area contributed by atoms with Crippen LogP contribution in [-0.2, 0) is 4.74 Å². The van der Waals surface area contributed by atoms with E-state index in [1.165, 1.54) is 5.57 Å². The summed E-state index contributed by atoms with van der Waals surface area (Å²) in [7, 11) is 1.75. The van der Waals surface area contributed by atoms with Crippen LogP contribution in [-0.4, -0.2) is 13.7 Å². The van der Waals surface area contributed by atoms with Crippen molar-refractivity contribution in [3.05, 3.63) is 23.3 Å². The van der Waals surface area contributed by atoms with E-state index in [4.69, 9.17) is 4.74 Å². The first-order valence-electron chi connectivity index (χ1n) is 4.93. The van der Waals surface area contributed by atoms with Crippen molar-refractivity contribution < 1.29 is 4.74 Å². The smallest absolute Gasteiger partial charge is 0.0502 e. The molecule has 0 aromatic rings. The zero-order chi connectivity index (χ0) is 9.90. The number of hydrogen-bond donors (Lipinski definition) is 0. The van der Waals surface area contributed by atoms with Gasteiger partial charge in [-0.2, -0.15) is 0 Å². The molecule has 74 valence electrons. The molecule has 0 radical (unpaired) electrons. The zero-order valence-corrected chi connectivity index (χ0v) is 9.18. The van der Waals surface area contributed by atoms with Gasteiger partial charge in [-0.15, -0.1) is 0 Å². The number of methoxy groups -OCH3 is 1. The molecule has 0 aliphatic heterocycles. The van der Waals surface area contributed by atoms with Crippen LogP contribution in [0.2, 0.25) is 0 Å². The summed E-state index contributed by atoms with van der Waals surface area (Å²) in [5.74, 6) is 0. The fraction of sp³-hybridized carbons (Fsp3) is 0.667. The Hall–Kier alpha value is -0.560. The Bertz CT molecular complexity index is 228. The van der Waals surface area contributed by atoms with Crippen molar-refractivity contribution in [1.29, 1.82) is 0 Å². The Kier molecular flexibility index (Phi) is 3.32. The first-order valence-corrected chi connectivity index (χ1v) is 4.93. The average Bonchev–Trinajstić information content (AvgIpc) is 2.47. The zero-order valence-electron chi connectivity index (χ0n) is 9.18. The second-order valence-corrected chi connectivity index (χ2v) is 4.65. The largest absolute Gasteiger partial charge is 0.384 e. The highest BCUT2D eigenvalue weighted by Crippen LogP contribution is 2.34. The molecule has 0 N–H and O–H groups in total. The molecule has 0 heterocycles. The van der Waals surface area contributed by atoms with Gasteiger partial charge < -0.3 is 4.74 Å². The molecular weight excluding hydrogens is 160 g/mol. The quantitative estimate of drug-likeness (QED) is 0.647. The molecule has 0 spiro atoms. The third-order valence-electron chi connectivity index (χ3n) is 2.50. The highest BCUT2D eigenvalue weighted by Gasteiger charge is 2.19. The van der Waals surface area contributed by atoms with E-state index in [0.717, 1.165) is 19.4 Å². The van der Waals surface area contributed by atoms with E-state index in [0.29, 0.717) is 5.41 Å². The summed E-state index contributed by atoms with van der Waals surface area (Å²) in [5, 5.41) is 0. The fourth-order valence-corrected chi connectivity index (χ4v) is 1.50. The Balaban J connectivity index is 2.50. The van der Waals surface area contributed by atoms with E-state index >= 15 is 0 Å². The molecule has 1 nitrogen and oxygen atoms in total. The third-order valence-corrected chi connectivity index (χ3v) is 2.50. The van der Waals surface area contributed by atoms with E-state index in [9.17, 15) is 0 Å². The summed E-state index contributed by atoms with van der Waals surface area (Å²) in [4.78, 5) is 0. The van der Waals surface area contributed by atoms with Crippen molar-refractivity contribution in [1.82, 2.24) is 0 Å². The minimum atomic E-state index is 0.325. The van der Waals surface area contributed by atoms with Crippen LogP contribution >= 0.6 is 0 Å². The predicted molar refractivity (Wildman–Crippen MR) is 56.7 cm³/mol. The van der Waals surface area contributed by atoms with Gasteiger partial charge in [0.1, 0.15) is 0 Å². The van der Waals surface area contributed by atoms with Gasteiger partial charge in [0.25, 0.3) is 0 Å². The van der Waals surface area contributed by atoms with E-state index < -0.39 is 0 Å². The molecule has 0 aromatic heterocycles. The van der Waals surface area contributed by atoms with Crippen LogP contribution < -0.4 is 0 Å². The standard InChI is InChI=1S/C12H20O/c1-12(2,3)11-6-5-10(9-11)7-8-13-4/h5,9H,6-8H2,1-4H3. The van der Waals surface area contributed by atoms with Crippen LogP contribution in [0.4, 0.5) is 0 Å². The van der Waals surface area contributed by atoms with E-state index in [2.05, 4.69) is 32.9 Å². The van der Waals surface area contributed by atoms with Crippen LogP contribution in [0.25, 0.3) is 0 Å². The van der Waals surface area contributed by atoms with Crippen molar-refractivity contribution in [2.75, 3.05) is 13.7 Å². The molecule has 1 rings (SSSR count). The number of allylic oxidation sites excluding steroid dienone is 3. The van der Waals surface area contributed by atoms with Crippen LogP contribution in [0.5, 0.6) is 0 Å². The Labute approximate surface area is 81.5 Å². The van der Waals surface area contributed by atoms with Gasteiger partial charge in [-0.05, 0) is 23.8 Å².